The molecule has 1 aliphatic heterocycles. The van der Waals surface area contributed by atoms with Gasteiger partial charge in [0.25, 0.3) is 5.91 Å². The second-order valence-electron chi connectivity index (χ2n) is 7.07. The van der Waals surface area contributed by atoms with Crippen LogP contribution in [0, 0.1) is 0 Å². The molecule has 3 rings (SSSR count). The highest BCUT2D eigenvalue weighted by Crippen LogP contribution is 2.34. The highest BCUT2D eigenvalue weighted by atomic mass is 19.4. The molecule has 174 valence electrons. The van der Waals surface area contributed by atoms with Crippen LogP contribution in [0.15, 0.2) is 53.1 Å². The summed E-state index contributed by atoms with van der Waals surface area (Å²) in [5, 5.41) is 14.9. The fourth-order valence-corrected chi connectivity index (χ4v) is 3.05. The molecule has 1 heterocycles. The number of unbranched alkanes of at least 4 members (excludes halogenated alkanes) is 1. The van der Waals surface area contributed by atoms with E-state index in [4.69, 9.17) is 9.47 Å². The molecule has 0 bridgehead atoms. The number of alkyl halides is 3. The highest BCUT2D eigenvalue weighted by molar-refractivity contribution is 6.34. The zero-order valence-electron chi connectivity index (χ0n) is 17.8. The maximum Gasteiger partial charge on any atom is 0.435 e. The van der Waals surface area contributed by atoms with E-state index in [9.17, 15) is 27.9 Å². The Morgan fingerprint density at radius 3 is 2.42 bits per heavy atom. The standard InChI is InChI=1S/C23H21F3N2O5/c1-3-4-11-33-18-10-5-14(13-19(18)32-2)12-17-20(23(24,25)26)27-28(21(17)29)16-8-6-15(7-9-16)22(30)31/h5-10,12-13H,3-4,11H2,1-2H3,(H,30,31)/p-1/b17-12-. The van der Waals surface area contributed by atoms with Gasteiger partial charge in [0.15, 0.2) is 17.2 Å². The van der Waals surface area contributed by atoms with Gasteiger partial charge in [0.2, 0.25) is 0 Å². The van der Waals surface area contributed by atoms with Gasteiger partial charge in [-0.25, -0.2) is 0 Å². The van der Waals surface area contributed by atoms with Crippen LogP contribution in [0.4, 0.5) is 18.9 Å². The van der Waals surface area contributed by atoms with E-state index < -0.39 is 29.3 Å². The van der Waals surface area contributed by atoms with Gasteiger partial charge in [0, 0.05) is 0 Å². The zero-order chi connectivity index (χ0) is 24.2. The molecule has 0 spiro atoms. The molecular formula is C23H20F3N2O5-. The lowest BCUT2D eigenvalue weighted by molar-refractivity contribution is -0.255. The summed E-state index contributed by atoms with van der Waals surface area (Å²) in [4.78, 5) is 23.7. The molecule has 2 aromatic carbocycles. The van der Waals surface area contributed by atoms with Crippen molar-refractivity contribution in [2.75, 3.05) is 18.7 Å². The topological polar surface area (TPSA) is 91.3 Å². The number of carbonyl (C=O) groups excluding carboxylic acids is 2. The monoisotopic (exact) mass is 461 g/mol. The average Bonchev–Trinajstić information content (AvgIpc) is 3.11. The van der Waals surface area contributed by atoms with Crippen molar-refractivity contribution in [2.45, 2.75) is 25.9 Å². The lowest BCUT2D eigenvalue weighted by Gasteiger charge is -2.13. The van der Waals surface area contributed by atoms with Gasteiger partial charge in [-0.3, -0.25) is 4.79 Å². The molecule has 0 unspecified atom stereocenters. The first-order valence-electron chi connectivity index (χ1n) is 10.00. The first-order valence-corrected chi connectivity index (χ1v) is 10.00. The summed E-state index contributed by atoms with van der Waals surface area (Å²) in [5.41, 5.74) is -1.95. The number of benzene rings is 2. The molecule has 0 saturated heterocycles. The minimum Gasteiger partial charge on any atom is -0.545 e. The number of ether oxygens (including phenoxy) is 2. The molecule has 0 aromatic heterocycles. The Bertz CT molecular complexity index is 1110. The third kappa shape index (κ3) is 5.33. The number of anilines is 1. The SMILES string of the molecule is CCCCOc1ccc(/C=C2\C(=O)N(c3ccc(C(=O)[O-])cc3)N=C2C(F)(F)F)cc1OC. The number of rotatable bonds is 8. The number of carboxylic acids is 1. The molecule has 1 aliphatic rings. The summed E-state index contributed by atoms with van der Waals surface area (Å²) < 4.78 is 51.8. The third-order valence-electron chi connectivity index (χ3n) is 4.75. The van der Waals surface area contributed by atoms with Gasteiger partial charge in [0.1, 0.15) is 0 Å². The van der Waals surface area contributed by atoms with Crippen LogP contribution < -0.4 is 19.6 Å². The number of halogens is 3. The maximum atomic E-state index is 13.6. The van der Waals surface area contributed by atoms with Crippen molar-refractivity contribution in [1.82, 2.24) is 0 Å². The van der Waals surface area contributed by atoms with Crippen LogP contribution >= 0.6 is 0 Å². The van der Waals surface area contributed by atoms with Gasteiger partial charge < -0.3 is 19.4 Å². The van der Waals surface area contributed by atoms with Gasteiger partial charge in [0.05, 0.1) is 30.9 Å². The largest absolute Gasteiger partial charge is 0.545 e. The van der Waals surface area contributed by atoms with E-state index in [2.05, 4.69) is 5.10 Å². The normalized spacial score (nSPS) is 15.1. The van der Waals surface area contributed by atoms with Crippen LogP contribution in [0.2, 0.25) is 0 Å². The summed E-state index contributed by atoms with van der Waals surface area (Å²) in [6.07, 6.45) is -2.06. The predicted octanol–water partition coefficient (Wildman–Crippen LogP) is 3.59. The molecule has 7 nitrogen and oxygen atoms in total. The number of hydrogen-bond donors (Lipinski definition) is 0. The minimum absolute atomic E-state index is 0.0209. The number of methoxy groups -OCH3 is 1. The lowest BCUT2D eigenvalue weighted by atomic mass is 10.1. The summed E-state index contributed by atoms with van der Waals surface area (Å²) in [7, 11) is 1.40. The van der Waals surface area contributed by atoms with E-state index >= 15 is 0 Å². The predicted molar refractivity (Wildman–Crippen MR) is 113 cm³/mol. The highest BCUT2D eigenvalue weighted by Gasteiger charge is 2.46. The number of carbonyl (C=O) groups is 2. The Morgan fingerprint density at radius 2 is 1.85 bits per heavy atom. The molecular weight excluding hydrogens is 441 g/mol. The van der Waals surface area contributed by atoms with Gasteiger partial charge in [-0.15, -0.1) is 0 Å². The van der Waals surface area contributed by atoms with E-state index in [1.807, 2.05) is 6.92 Å². The Hall–Kier alpha value is -3.82. The van der Waals surface area contributed by atoms with Crippen LogP contribution in [0.1, 0.15) is 35.7 Å². The molecule has 0 aliphatic carbocycles. The van der Waals surface area contributed by atoms with Gasteiger partial charge in [-0.05, 0) is 47.9 Å². The number of hydrazone groups is 1. The van der Waals surface area contributed by atoms with Crippen LogP contribution in [-0.2, 0) is 4.79 Å². The van der Waals surface area contributed by atoms with Crippen molar-refractivity contribution in [1.29, 1.82) is 0 Å². The molecule has 0 atom stereocenters. The van der Waals surface area contributed by atoms with Crippen molar-refractivity contribution < 1.29 is 37.3 Å². The van der Waals surface area contributed by atoms with Gasteiger partial charge in [-0.2, -0.15) is 23.3 Å². The molecule has 1 amide bonds. The van der Waals surface area contributed by atoms with E-state index in [0.29, 0.717) is 23.1 Å². The molecule has 33 heavy (non-hydrogen) atoms. The number of nitrogens with zero attached hydrogens (tertiary/aromatic N) is 2. The van der Waals surface area contributed by atoms with Crippen molar-refractivity contribution in [3.8, 4) is 11.5 Å². The average molecular weight is 461 g/mol. The molecule has 10 heteroatoms. The summed E-state index contributed by atoms with van der Waals surface area (Å²) in [5.74, 6) is -1.72. The van der Waals surface area contributed by atoms with E-state index in [-0.39, 0.29) is 16.8 Å². The van der Waals surface area contributed by atoms with Crippen molar-refractivity contribution in [3.05, 3.63) is 59.2 Å². The Kier molecular flexibility index (Phi) is 7.05. The zero-order valence-corrected chi connectivity index (χ0v) is 17.8. The van der Waals surface area contributed by atoms with Crippen LogP contribution in [-0.4, -0.2) is 37.5 Å². The number of hydrogen-bond acceptors (Lipinski definition) is 6. The molecule has 0 radical (unpaired) electrons. The molecule has 0 fully saturated rings. The Morgan fingerprint density at radius 1 is 1.15 bits per heavy atom. The van der Waals surface area contributed by atoms with E-state index in [0.717, 1.165) is 31.1 Å². The Balaban J connectivity index is 1.96. The van der Waals surface area contributed by atoms with E-state index in [1.165, 1.54) is 31.4 Å². The first-order chi connectivity index (χ1) is 15.7. The smallest absolute Gasteiger partial charge is 0.435 e. The summed E-state index contributed by atoms with van der Waals surface area (Å²) in [6.45, 7) is 2.47. The number of amides is 1. The van der Waals surface area contributed by atoms with E-state index in [1.54, 1.807) is 6.07 Å². The van der Waals surface area contributed by atoms with Gasteiger partial charge >= 0.3 is 6.18 Å². The Labute approximate surface area is 187 Å². The molecule has 0 saturated carbocycles. The van der Waals surface area contributed by atoms with Crippen LogP contribution in [0.25, 0.3) is 6.08 Å². The van der Waals surface area contributed by atoms with Crippen molar-refractivity contribution in [3.63, 3.8) is 0 Å². The quantitative estimate of drug-likeness (QED) is 0.443. The fourth-order valence-electron chi connectivity index (χ4n) is 3.05. The third-order valence-corrected chi connectivity index (χ3v) is 4.75. The summed E-state index contributed by atoms with van der Waals surface area (Å²) in [6, 6.07) is 9.11. The fraction of sp³-hybridized carbons (Fsp3) is 0.261. The molecule has 0 N–H and O–H groups in total. The van der Waals surface area contributed by atoms with Gasteiger partial charge in [-0.1, -0.05) is 31.5 Å². The second kappa shape index (κ2) is 9.76. The summed E-state index contributed by atoms with van der Waals surface area (Å²) >= 11 is 0. The maximum absolute atomic E-state index is 13.6. The number of carboxylic acid groups (broad SMARTS) is 1. The first kappa shape index (κ1) is 23.8. The molecule has 2 aromatic rings. The van der Waals surface area contributed by atoms with Crippen molar-refractivity contribution >= 4 is 29.4 Å². The lowest BCUT2D eigenvalue weighted by Crippen LogP contribution is -2.25. The minimum atomic E-state index is -4.89. The van der Waals surface area contributed by atoms with Crippen molar-refractivity contribution in [2.24, 2.45) is 5.10 Å². The van der Waals surface area contributed by atoms with Crippen LogP contribution in [0.3, 0.4) is 0 Å². The van der Waals surface area contributed by atoms with Crippen LogP contribution in [0.5, 0.6) is 11.5 Å². The number of aromatic carboxylic acids is 1. The second-order valence-corrected chi connectivity index (χ2v) is 7.07.